The predicted molar refractivity (Wildman–Crippen MR) is 92.0 cm³/mol. The highest BCUT2D eigenvalue weighted by Crippen LogP contribution is 2.36. The van der Waals surface area contributed by atoms with Crippen molar-refractivity contribution in [3.63, 3.8) is 0 Å². The van der Waals surface area contributed by atoms with E-state index in [9.17, 15) is 9.90 Å². The number of carbonyl (C=O) groups excluding carboxylic acids is 1. The molecule has 0 radical (unpaired) electrons. The maximum absolute atomic E-state index is 12.6. The van der Waals surface area contributed by atoms with Gasteiger partial charge in [0.1, 0.15) is 0 Å². The molecule has 2 atom stereocenters. The van der Waals surface area contributed by atoms with Gasteiger partial charge in [0.25, 0.3) is 0 Å². The molecule has 23 heavy (non-hydrogen) atoms. The van der Waals surface area contributed by atoms with Crippen LogP contribution in [-0.4, -0.2) is 22.6 Å². The fourth-order valence-electron chi connectivity index (χ4n) is 2.86. The minimum atomic E-state index is -0.713. The lowest BCUT2D eigenvalue weighted by Crippen LogP contribution is -2.43. The van der Waals surface area contributed by atoms with Crippen molar-refractivity contribution in [2.75, 3.05) is 11.9 Å². The molecule has 2 amide bonds. The van der Waals surface area contributed by atoms with Gasteiger partial charge in [-0.3, -0.25) is 0 Å². The summed E-state index contributed by atoms with van der Waals surface area (Å²) in [4.78, 5) is 14.2. The Morgan fingerprint density at radius 3 is 2.39 bits per heavy atom. The van der Waals surface area contributed by atoms with Crippen molar-refractivity contribution in [1.29, 1.82) is 0 Å². The number of aliphatic hydroxyl groups excluding tert-OH is 1. The van der Waals surface area contributed by atoms with Crippen LogP contribution in [0.5, 0.6) is 0 Å². The normalized spacial score (nSPS) is 20.1. The fraction of sp³-hybridized carbons (Fsp3) is 0.235. The number of β-amino-alcohol motifs (C(OH)–C–C–N with tert-alkyl or cyclic N) is 1. The highest BCUT2D eigenvalue weighted by atomic mass is 35.5. The fourth-order valence-corrected chi connectivity index (χ4v) is 3.35. The Hall–Kier alpha value is -1.75. The number of carbonyl (C=O) groups is 1. The van der Waals surface area contributed by atoms with E-state index in [4.69, 9.17) is 23.2 Å². The van der Waals surface area contributed by atoms with Crippen LogP contribution in [0.4, 0.5) is 10.5 Å². The second kappa shape index (κ2) is 6.40. The van der Waals surface area contributed by atoms with Crippen LogP contribution in [0.25, 0.3) is 0 Å². The minimum Gasteiger partial charge on any atom is -0.387 e. The number of hydrogen-bond donors (Lipinski definition) is 2. The smallest absolute Gasteiger partial charge is 0.322 e. The Kier molecular flexibility index (Phi) is 4.48. The van der Waals surface area contributed by atoms with Gasteiger partial charge in [-0.15, -0.1) is 0 Å². The van der Waals surface area contributed by atoms with Crippen molar-refractivity contribution in [1.82, 2.24) is 4.90 Å². The van der Waals surface area contributed by atoms with Gasteiger partial charge >= 0.3 is 6.03 Å². The third kappa shape index (κ3) is 3.02. The summed E-state index contributed by atoms with van der Waals surface area (Å²) in [5, 5.41) is 13.8. The number of nitrogens with one attached hydrogen (secondary N) is 1. The zero-order valence-corrected chi connectivity index (χ0v) is 14.0. The van der Waals surface area contributed by atoms with Gasteiger partial charge in [-0.1, -0.05) is 53.5 Å². The molecule has 0 saturated carbocycles. The standard InChI is InChI=1S/C17H16Cl2N2O2/c1-10-11-5-2-3-6-12(11)15(22)9-21(10)17(23)20-16-13(18)7-4-8-14(16)19/h2-8,10,15,22H,9H2,1H3,(H,20,23). The molecule has 1 heterocycles. The molecule has 6 heteroatoms. The molecule has 1 aliphatic rings. The summed E-state index contributed by atoms with van der Waals surface area (Å²) in [6.45, 7) is 2.14. The number of rotatable bonds is 1. The maximum Gasteiger partial charge on any atom is 0.322 e. The number of anilines is 1. The first kappa shape index (κ1) is 16.1. The molecular formula is C17H16Cl2N2O2. The van der Waals surface area contributed by atoms with Crippen molar-refractivity contribution < 1.29 is 9.90 Å². The van der Waals surface area contributed by atoms with Crippen LogP contribution in [0.15, 0.2) is 42.5 Å². The average molecular weight is 351 g/mol. The summed E-state index contributed by atoms with van der Waals surface area (Å²) in [6, 6.07) is 12.1. The molecule has 0 aliphatic carbocycles. The second-order valence-electron chi connectivity index (χ2n) is 5.50. The lowest BCUT2D eigenvalue weighted by Gasteiger charge is -2.37. The predicted octanol–water partition coefficient (Wildman–Crippen LogP) is 4.64. The highest BCUT2D eigenvalue weighted by molar-refractivity contribution is 6.39. The number of benzene rings is 2. The summed E-state index contributed by atoms with van der Waals surface area (Å²) in [7, 11) is 0. The first-order valence-electron chi connectivity index (χ1n) is 7.27. The van der Waals surface area contributed by atoms with Crippen molar-refractivity contribution >= 4 is 34.9 Å². The third-order valence-corrected chi connectivity index (χ3v) is 4.73. The summed E-state index contributed by atoms with van der Waals surface area (Å²) in [5.74, 6) is 0. The SMILES string of the molecule is CC1c2ccccc2C(O)CN1C(=O)Nc1c(Cl)cccc1Cl. The first-order valence-corrected chi connectivity index (χ1v) is 8.03. The van der Waals surface area contributed by atoms with Gasteiger partial charge < -0.3 is 15.3 Å². The van der Waals surface area contributed by atoms with Crippen LogP contribution in [0.3, 0.4) is 0 Å². The summed E-state index contributed by atoms with van der Waals surface area (Å²) in [5.41, 5.74) is 2.17. The van der Waals surface area contributed by atoms with E-state index < -0.39 is 6.10 Å². The van der Waals surface area contributed by atoms with Crippen molar-refractivity contribution in [3.05, 3.63) is 63.6 Å². The third-order valence-electron chi connectivity index (χ3n) is 4.10. The molecule has 0 bridgehead atoms. The topological polar surface area (TPSA) is 52.6 Å². The Morgan fingerprint density at radius 2 is 1.74 bits per heavy atom. The Bertz CT molecular complexity index is 731. The van der Waals surface area contributed by atoms with E-state index in [1.165, 1.54) is 0 Å². The molecule has 120 valence electrons. The number of nitrogens with zero attached hydrogens (tertiary/aromatic N) is 1. The van der Waals surface area contributed by atoms with E-state index in [1.807, 2.05) is 31.2 Å². The van der Waals surface area contributed by atoms with Gasteiger partial charge in [-0.2, -0.15) is 0 Å². The van der Waals surface area contributed by atoms with Gasteiger partial charge in [0.05, 0.1) is 34.4 Å². The van der Waals surface area contributed by atoms with Crippen LogP contribution in [0.1, 0.15) is 30.2 Å². The minimum absolute atomic E-state index is 0.157. The highest BCUT2D eigenvalue weighted by Gasteiger charge is 2.32. The molecule has 1 aliphatic heterocycles. The van der Waals surface area contributed by atoms with E-state index in [1.54, 1.807) is 23.1 Å². The molecule has 4 nitrogen and oxygen atoms in total. The molecule has 0 spiro atoms. The number of amides is 2. The first-order chi connectivity index (χ1) is 11.0. The Labute approximate surface area is 144 Å². The number of urea groups is 1. The second-order valence-corrected chi connectivity index (χ2v) is 6.31. The molecule has 2 unspecified atom stereocenters. The molecule has 2 N–H and O–H groups in total. The Morgan fingerprint density at radius 1 is 1.13 bits per heavy atom. The molecule has 2 aromatic carbocycles. The summed E-state index contributed by atoms with van der Waals surface area (Å²) < 4.78 is 0. The van der Waals surface area contributed by atoms with E-state index in [2.05, 4.69) is 5.32 Å². The van der Waals surface area contributed by atoms with Crippen LogP contribution in [-0.2, 0) is 0 Å². The largest absolute Gasteiger partial charge is 0.387 e. The quantitative estimate of drug-likeness (QED) is 0.787. The number of hydrogen-bond acceptors (Lipinski definition) is 2. The van der Waals surface area contributed by atoms with Crippen LogP contribution >= 0.6 is 23.2 Å². The van der Waals surface area contributed by atoms with Crippen molar-refractivity contribution in [2.24, 2.45) is 0 Å². The molecule has 2 aromatic rings. The molecule has 0 aromatic heterocycles. The lowest BCUT2D eigenvalue weighted by atomic mass is 9.92. The van der Waals surface area contributed by atoms with Crippen LogP contribution in [0, 0.1) is 0 Å². The van der Waals surface area contributed by atoms with E-state index in [-0.39, 0.29) is 18.6 Å². The van der Waals surface area contributed by atoms with E-state index in [0.717, 1.165) is 11.1 Å². The number of para-hydroxylation sites is 1. The molecule has 3 rings (SSSR count). The monoisotopic (exact) mass is 350 g/mol. The van der Waals surface area contributed by atoms with E-state index in [0.29, 0.717) is 15.7 Å². The molecule has 0 saturated heterocycles. The average Bonchev–Trinajstić information content (AvgIpc) is 2.54. The maximum atomic E-state index is 12.6. The van der Waals surface area contributed by atoms with Gasteiger partial charge in [0.15, 0.2) is 0 Å². The summed E-state index contributed by atoms with van der Waals surface area (Å²) in [6.07, 6.45) is -0.713. The molecule has 0 fully saturated rings. The number of halogens is 2. The van der Waals surface area contributed by atoms with Crippen molar-refractivity contribution in [3.8, 4) is 0 Å². The van der Waals surface area contributed by atoms with Gasteiger partial charge in [-0.25, -0.2) is 4.79 Å². The van der Waals surface area contributed by atoms with Gasteiger partial charge in [0, 0.05) is 0 Å². The zero-order valence-electron chi connectivity index (χ0n) is 12.5. The molecular weight excluding hydrogens is 335 g/mol. The van der Waals surface area contributed by atoms with Crippen LogP contribution < -0.4 is 5.32 Å². The van der Waals surface area contributed by atoms with Crippen molar-refractivity contribution in [2.45, 2.75) is 19.1 Å². The Balaban J connectivity index is 1.86. The van der Waals surface area contributed by atoms with Gasteiger partial charge in [-0.05, 0) is 30.2 Å². The summed E-state index contributed by atoms with van der Waals surface area (Å²) >= 11 is 12.2. The lowest BCUT2D eigenvalue weighted by molar-refractivity contribution is 0.0933. The zero-order chi connectivity index (χ0) is 16.6. The number of aliphatic hydroxyl groups is 1. The van der Waals surface area contributed by atoms with E-state index >= 15 is 0 Å². The van der Waals surface area contributed by atoms with Crippen LogP contribution in [0.2, 0.25) is 10.0 Å². The van der Waals surface area contributed by atoms with Gasteiger partial charge in [0.2, 0.25) is 0 Å². The number of fused-ring (bicyclic) bond motifs is 1.